The minimum absolute atomic E-state index is 0.217. The molecule has 0 unspecified atom stereocenters. The van der Waals surface area contributed by atoms with Crippen LogP contribution in [0.15, 0.2) is 54.9 Å². The van der Waals surface area contributed by atoms with Gasteiger partial charge < -0.3 is 15.6 Å². The molecule has 0 fully saturated rings. The number of amides is 1. The number of aromatic nitrogens is 2. The van der Waals surface area contributed by atoms with Gasteiger partial charge in [0, 0.05) is 22.8 Å². The van der Waals surface area contributed by atoms with Crippen molar-refractivity contribution in [3.8, 4) is 5.69 Å². The molecule has 0 spiro atoms. The number of nitrogens with zero attached hydrogens (tertiary/aromatic N) is 2. The molecule has 0 aliphatic rings. The van der Waals surface area contributed by atoms with Crippen LogP contribution in [0.1, 0.15) is 21.7 Å². The molecule has 1 aromatic heterocycles. The van der Waals surface area contributed by atoms with Gasteiger partial charge in [0.25, 0.3) is 5.91 Å². The Bertz CT molecular complexity index is 850. The molecule has 0 aliphatic heterocycles. The minimum atomic E-state index is -0.217. The van der Waals surface area contributed by atoms with E-state index < -0.39 is 0 Å². The maximum Gasteiger partial charge on any atom is 0.257 e. The molecule has 3 rings (SSSR count). The quantitative estimate of drug-likeness (QED) is 0.729. The molecule has 0 bridgehead atoms. The molecule has 5 nitrogen and oxygen atoms in total. The molecule has 5 heteroatoms. The lowest BCUT2D eigenvalue weighted by atomic mass is 10.1. The summed E-state index contributed by atoms with van der Waals surface area (Å²) in [7, 11) is 0. The van der Waals surface area contributed by atoms with Gasteiger partial charge in [0.1, 0.15) is 0 Å². The third kappa shape index (κ3) is 2.94. The van der Waals surface area contributed by atoms with Gasteiger partial charge in [-0.2, -0.15) is 0 Å². The fourth-order valence-corrected chi connectivity index (χ4v) is 2.37. The van der Waals surface area contributed by atoms with Crippen LogP contribution in [0.3, 0.4) is 0 Å². The van der Waals surface area contributed by atoms with Crippen molar-refractivity contribution in [1.82, 2.24) is 9.55 Å². The zero-order valence-corrected chi connectivity index (χ0v) is 13.1. The first kappa shape index (κ1) is 14.8. The molecule has 3 N–H and O–H groups in total. The van der Waals surface area contributed by atoms with Gasteiger partial charge in [-0.15, -0.1) is 0 Å². The number of carbonyl (C=O) groups is 1. The van der Waals surface area contributed by atoms with Gasteiger partial charge in [0.15, 0.2) is 0 Å². The van der Waals surface area contributed by atoms with E-state index in [4.69, 9.17) is 5.73 Å². The van der Waals surface area contributed by atoms with E-state index >= 15 is 0 Å². The van der Waals surface area contributed by atoms with Gasteiger partial charge in [0.2, 0.25) is 0 Å². The molecule has 2 aromatic carbocycles. The van der Waals surface area contributed by atoms with Crippen molar-refractivity contribution >= 4 is 17.3 Å². The molecule has 116 valence electrons. The summed E-state index contributed by atoms with van der Waals surface area (Å²) in [6.07, 6.45) is 1.79. The van der Waals surface area contributed by atoms with Crippen LogP contribution in [0.5, 0.6) is 0 Å². The molecule has 0 atom stereocenters. The third-order valence-electron chi connectivity index (χ3n) is 3.86. The fourth-order valence-electron chi connectivity index (χ4n) is 2.37. The van der Waals surface area contributed by atoms with E-state index in [0.29, 0.717) is 11.3 Å². The fraction of sp³-hybridized carbons (Fsp3) is 0.111. The summed E-state index contributed by atoms with van der Waals surface area (Å²) in [5.41, 5.74) is 10.6. The molecule has 0 saturated carbocycles. The lowest BCUT2D eigenvalue weighted by Gasteiger charge is -2.09. The Balaban J connectivity index is 1.79. The Labute approximate surface area is 134 Å². The van der Waals surface area contributed by atoms with Crippen molar-refractivity contribution < 1.29 is 4.79 Å². The SMILES string of the molecule is Cc1ncn(-c2ccc(NC(=O)c3ccccc3N)cc2)c1C. The average Bonchev–Trinajstić information content (AvgIpc) is 2.88. The summed E-state index contributed by atoms with van der Waals surface area (Å²) in [5.74, 6) is -0.217. The van der Waals surface area contributed by atoms with E-state index in [1.807, 2.05) is 42.7 Å². The van der Waals surface area contributed by atoms with Crippen LogP contribution in [0.4, 0.5) is 11.4 Å². The number of hydrogen-bond donors (Lipinski definition) is 2. The van der Waals surface area contributed by atoms with Crippen LogP contribution in [0.25, 0.3) is 5.69 Å². The van der Waals surface area contributed by atoms with Crippen molar-refractivity contribution in [3.63, 3.8) is 0 Å². The molecular formula is C18H18N4O. The highest BCUT2D eigenvalue weighted by molar-refractivity contribution is 6.07. The number of rotatable bonds is 3. The standard InChI is InChI=1S/C18H18N4O/c1-12-13(2)22(11-20-12)15-9-7-14(8-10-15)21-18(23)16-5-3-4-6-17(16)19/h3-11H,19H2,1-2H3,(H,21,23). The third-order valence-corrected chi connectivity index (χ3v) is 3.86. The molecule has 23 heavy (non-hydrogen) atoms. The highest BCUT2D eigenvalue weighted by Crippen LogP contribution is 2.18. The summed E-state index contributed by atoms with van der Waals surface area (Å²) in [5, 5.41) is 2.85. The monoisotopic (exact) mass is 306 g/mol. The predicted molar refractivity (Wildman–Crippen MR) is 91.8 cm³/mol. The number of nitrogen functional groups attached to an aromatic ring is 1. The number of imidazole rings is 1. The first-order valence-electron chi connectivity index (χ1n) is 7.33. The maximum absolute atomic E-state index is 12.2. The number of nitrogens with two attached hydrogens (primary N) is 1. The van der Waals surface area contributed by atoms with Gasteiger partial charge >= 0.3 is 0 Å². The molecule has 0 radical (unpaired) electrons. The van der Waals surface area contributed by atoms with Crippen LogP contribution in [0, 0.1) is 13.8 Å². The number of hydrogen-bond acceptors (Lipinski definition) is 3. The Morgan fingerprint density at radius 2 is 1.78 bits per heavy atom. The number of benzene rings is 2. The maximum atomic E-state index is 12.2. The Morgan fingerprint density at radius 3 is 2.39 bits per heavy atom. The first-order chi connectivity index (χ1) is 11.1. The topological polar surface area (TPSA) is 72.9 Å². The Morgan fingerprint density at radius 1 is 1.09 bits per heavy atom. The largest absolute Gasteiger partial charge is 0.398 e. The van der Waals surface area contributed by atoms with Gasteiger partial charge in [-0.3, -0.25) is 4.79 Å². The molecule has 1 amide bonds. The van der Waals surface area contributed by atoms with Crippen LogP contribution >= 0.6 is 0 Å². The van der Waals surface area contributed by atoms with E-state index in [-0.39, 0.29) is 5.91 Å². The van der Waals surface area contributed by atoms with Gasteiger partial charge in [-0.25, -0.2) is 4.98 Å². The second-order valence-electron chi connectivity index (χ2n) is 5.37. The Hall–Kier alpha value is -3.08. The van der Waals surface area contributed by atoms with E-state index in [1.54, 1.807) is 30.6 Å². The number of anilines is 2. The summed E-state index contributed by atoms with van der Waals surface area (Å²) in [4.78, 5) is 16.5. The second-order valence-corrected chi connectivity index (χ2v) is 5.37. The summed E-state index contributed by atoms with van der Waals surface area (Å²) >= 11 is 0. The van der Waals surface area contributed by atoms with E-state index in [2.05, 4.69) is 10.3 Å². The van der Waals surface area contributed by atoms with E-state index in [9.17, 15) is 4.79 Å². The molecule has 0 saturated heterocycles. The van der Waals surface area contributed by atoms with Crippen molar-refractivity contribution in [1.29, 1.82) is 0 Å². The van der Waals surface area contributed by atoms with Crippen LogP contribution in [-0.2, 0) is 0 Å². The lowest BCUT2D eigenvalue weighted by Crippen LogP contribution is -2.13. The van der Waals surface area contributed by atoms with Crippen molar-refractivity contribution in [2.45, 2.75) is 13.8 Å². The number of nitrogens with one attached hydrogen (secondary N) is 1. The average molecular weight is 306 g/mol. The van der Waals surface area contributed by atoms with Crippen LogP contribution < -0.4 is 11.1 Å². The second kappa shape index (κ2) is 5.96. The molecule has 0 aliphatic carbocycles. The first-order valence-corrected chi connectivity index (χ1v) is 7.33. The zero-order chi connectivity index (χ0) is 16.4. The number of aryl methyl sites for hydroxylation is 1. The minimum Gasteiger partial charge on any atom is -0.398 e. The van der Waals surface area contributed by atoms with Crippen molar-refractivity contribution in [2.24, 2.45) is 0 Å². The van der Waals surface area contributed by atoms with Crippen molar-refractivity contribution in [2.75, 3.05) is 11.1 Å². The van der Waals surface area contributed by atoms with Gasteiger partial charge in [-0.05, 0) is 50.2 Å². The van der Waals surface area contributed by atoms with Gasteiger partial charge in [0.05, 0.1) is 17.6 Å². The highest BCUT2D eigenvalue weighted by atomic mass is 16.1. The normalized spacial score (nSPS) is 10.5. The number of carbonyl (C=O) groups excluding carboxylic acids is 1. The summed E-state index contributed by atoms with van der Waals surface area (Å²) < 4.78 is 2.01. The molecular weight excluding hydrogens is 288 g/mol. The molecule has 3 aromatic rings. The predicted octanol–water partition coefficient (Wildman–Crippen LogP) is 3.32. The smallest absolute Gasteiger partial charge is 0.257 e. The summed E-state index contributed by atoms with van der Waals surface area (Å²) in [6, 6.07) is 14.6. The summed E-state index contributed by atoms with van der Waals surface area (Å²) in [6.45, 7) is 4.00. The molecule has 1 heterocycles. The van der Waals surface area contributed by atoms with Crippen LogP contribution in [0.2, 0.25) is 0 Å². The van der Waals surface area contributed by atoms with E-state index in [0.717, 1.165) is 22.8 Å². The van der Waals surface area contributed by atoms with Crippen molar-refractivity contribution in [3.05, 3.63) is 71.8 Å². The Kier molecular flexibility index (Phi) is 3.85. The lowest BCUT2D eigenvalue weighted by molar-refractivity contribution is 0.102. The van der Waals surface area contributed by atoms with Crippen LogP contribution in [-0.4, -0.2) is 15.5 Å². The van der Waals surface area contributed by atoms with Gasteiger partial charge in [-0.1, -0.05) is 12.1 Å². The zero-order valence-electron chi connectivity index (χ0n) is 13.1. The number of para-hydroxylation sites is 1. The highest BCUT2D eigenvalue weighted by Gasteiger charge is 2.09. The van der Waals surface area contributed by atoms with E-state index in [1.165, 1.54) is 0 Å².